The molecule has 1 fully saturated rings. The van der Waals surface area contributed by atoms with Crippen molar-refractivity contribution in [3.63, 3.8) is 0 Å². The van der Waals surface area contributed by atoms with Crippen molar-refractivity contribution in [3.8, 4) is 0 Å². The molecule has 1 atom stereocenters. The van der Waals surface area contributed by atoms with E-state index in [1.54, 1.807) is 13.8 Å². The number of rotatable bonds is 6. The summed E-state index contributed by atoms with van der Waals surface area (Å²) in [6.07, 6.45) is 1.00. The van der Waals surface area contributed by atoms with E-state index in [-0.39, 0.29) is 18.4 Å². The van der Waals surface area contributed by atoms with Crippen molar-refractivity contribution < 1.29 is 22.7 Å². The highest BCUT2D eigenvalue weighted by Gasteiger charge is 2.31. The Morgan fingerprint density at radius 3 is 2.38 bits per heavy atom. The van der Waals surface area contributed by atoms with Crippen molar-refractivity contribution in [3.05, 3.63) is 0 Å². The molecular weight excluding hydrogens is 298 g/mol. The van der Waals surface area contributed by atoms with E-state index >= 15 is 0 Å². The van der Waals surface area contributed by atoms with Crippen LogP contribution in [0.2, 0.25) is 0 Å². The van der Waals surface area contributed by atoms with Crippen LogP contribution in [-0.4, -0.2) is 62.7 Å². The standard InChI is InChI=1S/C12H23N3O5S/c1-3-20-12(17)10(13)11(16)15-7-5-9(6-8-15)14-21(18,19)4-2/h9-10,14H,3-8,13H2,1-2H3. The highest BCUT2D eigenvalue weighted by Crippen LogP contribution is 2.12. The highest BCUT2D eigenvalue weighted by atomic mass is 32.2. The molecule has 0 saturated carbocycles. The van der Waals surface area contributed by atoms with Crippen LogP contribution in [-0.2, 0) is 24.3 Å². The van der Waals surface area contributed by atoms with Crippen LogP contribution in [0.15, 0.2) is 0 Å². The Kier molecular flexibility index (Phi) is 6.56. The van der Waals surface area contributed by atoms with E-state index in [0.29, 0.717) is 25.9 Å². The minimum absolute atomic E-state index is 0.0277. The fraction of sp³-hybridized carbons (Fsp3) is 0.833. The normalized spacial score (nSPS) is 18.3. The zero-order valence-electron chi connectivity index (χ0n) is 12.4. The van der Waals surface area contributed by atoms with E-state index < -0.39 is 27.9 Å². The van der Waals surface area contributed by atoms with Gasteiger partial charge in [-0.1, -0.05) is 0 Å². The van der Waals surface area contributed by atoms with Gasteiger partial charge >= 0.3 is 5.97 Å². The van der Waals surface area contributed by atoms with Crippen LogP contribution in [0.5, 0.6) is 0 Å². The molecule has 1 aliphatic rings. The molecule has 0 radical (unpaired) electrons. The molecule has 1 unspecified atom stereocenters. The Bertz CT molecular complexity index is 471. The summed E-state index contributed by atoms with van der Waals surface area (Å²) in [6.45, 7) is 4.10. The summed E-state index contributed by atoms with van der Waals surface area (Å²) in [5, 5.41) is 0. The number of hydrogen-bond acceptors (Lipinski definition) is 6. The Morgan fingerprint density at radius 2 is 1.90 bits per heavy atom. The number of esters is 1. The fourth-order valence-corrected chi connectivity index (χ4v) is 2.99. The molecule has 3 N–H and O–H groups in total. The van der Waals surface area contributed by atoms with Crippen molar-refractivity contribution in [2.45, 2.75) is 38.8 Å². The smallest absolute Gasteiger partial charge is 0.332 e. The van der Waals surface area contributed by atoms with E-state index in [1.807, 2.05) is 0 Å². The molecule has 0 aliphatic carbocycles. The van der Waals surface area contributed by atoms with Crippen molar-refractivity contribution in [1.29, 1.82) is 0 Å². The summed E-state index contributed by atoms with van der Waals surface area (Å²) in [6, 6.07) is -1.49. The van der Waals surface area contributed by atoms with Gasteiger partial charge in [0.25, 0.3) is 5.91 Å². The second-order valence-corrected chi connectivity index (χ2v) is 6.89. The number of nitrogens with two attached hydrogens (primary N) is 1. The number of ether oxygens (including phenoxy) is 1. The first-order valence-electron chi connectivity index (χ1n) is 7.01. The number of sulfonamides is 1. The van der Waals surface area contributed by atoms with Gasteiger partial charge in [-0.3, -0.25) is 4.79 Å². The molecule has 1 rings (SSSR count). The van der Waals surface area contributed by atoms with Gasteiger partial charge < -0.3 is 15.4 Å². The fourth-order valence-electron chi connectivity index (χ4n) is 2.08. The average Bonchev–Trinajstić information content (AvgIpc) is 2.46. The maximum absolute atomic E-state index is 12.0. The lowest BCUT2D eigenvalue weighted by molar-refractivity contribution is -0.151. The number of carbonyl (C=O) groups is 2. The first-order chi connectivity index (χ1) is 9.80. The van der Waals surface area contributed by atoms with Gasteiger partial charge in [0.05, 0.1) is 12.4 Å². The van der Waals surface area contributed by atoms with Crippen LogP contribution < -0.4 is 10.5 Å². The maximum Gasteiger partial charge on any atom is 0.332 e. The first kappa shape index (κ1) is 17.9. The first-order valence-corrected chi connectivity index (χ1v) is 8.67. The van der Waals surface area contributed by atoms with Gasteiger partial charge in [0.1, 0.15) is 0 Å². The monoisotopic (exact) mass is 321 g/mol. The van der Waals surface area contributed by atoms with Crippen LogP contribution in [0.4, 0.5) is 0 Å². The van der Waals surface area contributed by atoms with Gasteiger partial charge in [0.15, 0.2) is 6.04 Å². The lowest BCUT2D eigenvalue weighted by atomic mass is 10.1. The topological polar surface area (TPSA) is 119 Å². The van der Waals surface area contributed by atoms with Gasteiger partial charge in [-0.05, 0) is 26.7 Å². The van der Waals surface area contributed by atoms with Gasteiger partial charge in [-0.25, -0.2) is 17.9 Å². The lowest BCUT2D eigenvalue weighted by Gasteiger charge is -2.33. The zero-order chi connectivity index (χ0) is 16.0. The van der Waals surface area contributed by atoms with Crippen LogP contribution in [0.1, 0.15) is 26.7 Å². The Labute approximate surface area is 125 Å². The Balaban J connectivity index is 2.49. The molecule has 0 spiro atoms. The third-order valence-electron chi connectivity index (χ3n) is 3.34. The molecule has 0 aromatic carbocycles. The SMILES string of the molecule is CCOC(=O)C(N)C(=O)N1CCC(NS(=O)(=O)CC)CC1. The Hall–Kier alpha value is -1.19. The van der Waals surface area contributed by atoms with E-state index in [1.165, 1.54) is 4.90 Å². The number of nitrogens with zero attached hydrogens (tertiary/aromatic N) is 1. The van der Waals surface area contributed by atoms with Crippen LogP contribution in [0.3, 0.4) is 0 Å². The minimum Gasteiger partial charge on any atom is -0.464 e. The summed E-state index contributed by atoms with van der Waals surface area (Å²) in [5.41, 5.74) is 5.56. The number of piperidine rings is 1. The molecule has 0 bridgehead atoms. The summed E-state index contributed by atoms with van der Waals surface area (Å²) in [7, 11) is -3.25. The number of likely N-dealkylation sites (tertiary alicyclic amines) is 1. The summed E-state index contributed by atoms with van der Waals surface area (Å²) >= 11 is 0. The number of nitrogens with one attached hydrogen (secondary N) is 1. The van der Waals surface area contributed by atoms with Crippen molar-refractivity contribution >= 4 is 21.9 Å². The van der Waals surface area contributed by atoms with E-state index in [0.717, 1.165) is 0 Å². The molecule has 9 heteroatoms. The molecule has 0 aromatic rings. The van der Waals surface area contributed by atoms with Gasteiger partial charge in [-0.2, -0.15) is 0 Å². The number of amides is 1. The zero-order valence-corrected chi connectivity index (χ0v) is 13.2. The molecule has 1 saturated heterocycles. The molecule has 122 valence electrons. The van der Waals surface area contributed by atoms with Crippen molar-refractivity contribution in [1.82, 2.24) is 9.62 Å². The Morgan fingerprint density at radius 1 is 1.33 bits per heavy atom. The highest BCUT2D eigenvalue weighted by molar-refractivity contribution is 7.89. The summed E-state index contributed by atoms with van der Waals surface area (Å²) in [4.78, 5) is 24.9. The second kappa shape index (κ2) is 7.71. The largest absolute Gasteiger partial charge is 0.464 e. The quantitative estimate of drug-likeness (QED) is 0.469. The van der Waals surface area contributed by atoms with Gasteiger partial charge in [-0.15, -0.1) is 0 Å². The van der Waals surface area contributed by atoms with E-state index in [9.17, 15) is 18.0 Å². The van der Waals surface area contributed by atoms with Crippen molar-refractivity contribution in [2.24, 2.45) is 5.73 Å². The minimum atomic E-state index is -3.25. The van der Waals surface area contributed by atoms with Gasteiger partial charge in [0.2, 0.25) is 10.0 Å². The van der Waals surface area contributed by atoms with Crippen LogP contribution in [0, 0.1) is 0 Å². The molecular formula is C12H23N3O5S. The summed E-state index contributed by atoms with van der Waals surface area (Å²) in [5.74, 6) is -1.19. The predicted molar refractivity (Wildman–Crippen MR) is 76.8 cm³/mol. The average molecular weight is 321 g/mol. The number of hydrogen-bond donors (Lipinski definition) is 2. The third-order valence-corrected chi connectivity index (χ3v) is 4.79. The van der Waals surface area contributed by atoms with Crippen molar-refractivity contribution in [2.75, 3.05) is 25.4 Å². The molecule has 1 aliphatic heterocycles. The van der Waals surface area contributed by atoms with Crippen LogP contribution >= 0.6 is 0 Å². The molecule has 0 aromatic heterocycles. The third kappa shape index (κ3) is 5.25. The van der Waals surface area contributed by atoms with E-state index in [2.05, 4.69) is 4.72 Å². The maximum atomic E-state index is 12.0. The molecule has 1 heterocycles. The van der Waals surface area contributed by atoms with Crippen LogP contribution in [0.25, 0.3) is 0 Å². The summed E-state index contributed by atoms with van der Waals surface area (Å²) < 4.78 is 30.3. The molecule has 8 nitrogen and oxygen atoms in total. The number of carbonyl (C=O) groups excluding carboxylic acids is 2. The lowest BCUT2D eigenvalue weighted by Crippen LogP contribution is -2.53. The second-order valence-electron chi connectivity index (χ2n) is 4.85. The van der Waals surface area contributed by atoms with Gasteiger partial charge in [0, 0.05) is 19.1 Å². The van der Waals surface area contributed by atoms with E-state index in [4.69, 9.17) is 10.5 Å². The predicted octanol–water partition coefficient (Wildman–Crippen LogP) is -1.19. The molecule has 21 heavy (non-hydrogen) atoms. The molecule has 1 amide bonds.